The predicted molar refractivity (Wildman–Crippen MR) is 106 cm³/mol. The van der Waals surface area contributed by atoms with Gasteiger partial charge in [0.2, 0.25) is 0 Å². The molecule has 31 heavy (non-hydrogen) atoms. The Hall–Kier alpha value is -3.63. The standard InChI is InChI=1S/C21H19N5O5/c27-20(13-8-4-5-9-14(13)21(28)29)22-15-10-30-18-16(11-31-17(15)18)26-19(23-24-25-26)12-6-2-1-3-7-12/h1-9,15-18H,10-11H2,(H,22,27)(H,28,29)/t15-,16-,17+,18+/m0/s1. The van der Waals surface area contributed by atoms with Crippen LogP contribution in [-0.4, -0.2) is 68.7 Å². The zero-order valence-electron chi connectivity index (χ0n) is 16.3. The molecule has 1 amide bonds. The van der Waals surface area contributed by atoms with Gasteiger partial charge < -0.3 is 19.9 Å². The van der Waals surface area contributed by atoms with Gasteiger partial charge in [0.1, 0.15) is 18.2 Å². The van der Waals surface area contributed by atoms with E-state index in [1.807, 2.05) is 30.3 Å². The molecule has 158 valence electrons. The fraction of sp³-hybridized carbons (Fsp3) is 0.286. The number of nitrogens with one attached hydrogen (secondary N) is 1. The highest BCUT2D eigenvalue weighted by molar-refractivity contribution is 6.04. The van der Waals surface area contributed by atoms with Gasteiger partial charge >= 0.3 is 5.97 Å². The molecule has 0 aliphatic carbocycles. The number of rotatable bonds is 5. The van der Waals surface area contributed by atoms with E-state index < -0.39 is 24.0 Å². The number of ether oxygens (including phenoxy) is 2. The fourth-order valence-electron chi connectivity index (χ4n) is 4.12. The molecular formula is C21H19N5O5. The molecule has 3 heterocycles. The minimum Gasteiger partial charge on any atom is -0.478 e. The number of hydrogen-bond acceptors (Lipinski definition) is 7. The molecule has 2 aliphatic rings. The number of hydrogen-bond donors (Lipinski definition) is 2. The average molecular weight is 421 g/mol. The number of carbonyl (C=O) groups excluding carboxylic acids is 1. The Kier molecular flexibility index (Phi) is 4.92. The molecule has 10 nitrogen and oxygen atoms in total. The first-order chi connectivity index (χ1) is 15.1. The van der Waals surface area contributed by atoms with E-state index in [1.54, 1.807) is 16.8 Å². The van der Waals surface area contributed by atoms with E-state index in [9.17, 15) is 14.7 Å². The predicted octanol–water partition coefficient (Wildman–Crippen LogP) is 1.18. The molecule has 0 radical (unpaired) electrons. The Balaban J connectivity index is 1.33. The van der Waals surface area contributed by atoms with Crippen molar-refractivity contribution in [2.75, 3.05) is 13.2 Å². The number of carboxylic acids is 1. The molecule has 0 bridgehead atoms. The van der Waals surface area contributed by atoms with Gasteiger partial charge in [-0.25, -0.2) is 9.48 Å². The van der Waals surface area contributed by atoms with Crippen molar-refractivity contribution < 1.29 is 24.2 Å². The Bertz CT molecular complexity index is 1120. The van der Waals surface area contributed by atoms with E-state index in [-0.39, 0.29) is 29.9 Å². The quantitative estimate of drug-likeness (QED) is 0.628. The van der Waals surface area contributed by atoms with Crippen LogP contribution in [0.1, 0.15) is 26.8 Å². The van der Waals surface area contributed by atoms with Gasteiger partial charge in [0.05, 0.1) is 30.4 Å². The third-order valence-corrected chi connectivity index (χ3v) is 5.58. The van der Waals surface area contributed by atoms with Gasteiger partial charge in [-0.15, -0.1) is 5.10 Å². The summed E-state index contributed by atoms with van der Waals surface area (Å²) < 4.78 is 13.6. The van der Waals surface area contributed by atoms with E-state index in [0.717, 1.165) is 5.56 Å². The van der Waals surface area contributed by atoms with Crippen LogP contribution in [0.2, 0.25) is 0 Å². The summed E-state index contributed by atoms with van der Waals surface area (Å²) in [6, 6.07) is 15.0. The van der Waals surface area contributed by atoms with E-state index >= 15 is 0 Å². The lowest BCUT2D eigenvalue weighted by molar-refractivity contribution is 0.0613. The highest BCUT2D eigenvalue weighted by Crippen LogP contribution is 2.35. The second kappa shape index (κ2) is 7.89. The van der Waals surface area contributed by atoms with E-state index in [1.165, 1.54) is 12.1 Å². The monoisotopic (exact) mass is 421 g/mol. The van der Waals surface area contributed by atoms with Crippen molar-refractivity contribution in [2.45, 2.75) is 24.3 Å². The number of amides is 1. The van der Waals surface area contributed by atoms with Crippen molar-refractivity contribution in [1.29, 1.82) is 0 Å². The van der Waals surface area contributed by atoms with Crippen LogP contribution < -0.4 is 5.32 Å². The molecule has 4 atom stereocenters. The summed E-state index contributed by atoms with van der Waals surface area (Å²) in [4.78, 5) is 24.2. The van der Waals surface area contributed by atoms with E-state index in [4.69, 9.17) is 9.47 Å². The summed E-state index contributed by atoms with van der Waals surface area (Å²) in [5.74, 6) is -1.02. The topological polar surface area (TPSA) is 128 Å². The molecule has 3 aromatic rings. The number of carboxylic acid groups (broad SMARTS) is 1. The fourth-order valence-corrected chi connectivity index (χ4v) is 4.12. The third kappa shape index (κ3) is 3.45. The summed E-state index contributed by atoms with van der Waals surface area (Å²) >= 11 is 0. The van der Waals surface area contributed by atoms with Crippen molar-refractivity contribution in [3.05, 3.63) is 65.7 Å². The Morgan fingerprint density at radius 1 is 0.968 bits per heavy atom. The second-order valence-electron chi connectivity index (χ2n) is 7.41. The SMILES string of the molecule is O=C(O)c1ccccc1C(=O)N[C@H]1CO[C@H]2[C@@H]1OC[C@@H]2n1nnnc1-c1ccccc1. The lowest BCUT2D eigenvalue weighted by Gasteiger charge is -2.18. The van der Waals surface area contributed by atoms with Crippen LogP contribution in [0.5, 0.6) is 0 Å². The number of aromatic carboxylic acids is 1. The molecule has 10 heteroatoms. The maximum absolute atomic E-state index is 12.7. The number of aromatic nitrogens is 4. The maximum Gasteiger partial charge on any atom is 0.336 e. The van der Waals surface area contributed by atoms with Gasteiger partial charge in [-0.1, -0.05) is 42.5 Å². The van der Waals surface area contributed by atoms with Crippen LogP contribution in [0.4, 0.5) is 0 Å². The molecule has 0 unspecified atom stereocenters. The Morgan fingerprint density at radius 2 is 1.68 bits per heavy atom. The molecule has 2 saturated heterocycles. The summed E-state index contributed by atoms with van der Waals surface area (Å²) in [7, 11) is 0. The number of tetrazole rings is 1. The zero-order valence-corrected chi connectivity index (χ0v) is 16.3. The Morgan fingerprint density at radius 3 is 2.45 bits per heavy atom. The van der Waals surface area contributed by atoms with Crippen molar-refractivity contribution in [3.63, 3.8) is 0 Å². The van der Waals surface area contributed by atoms with Crippen LogP contribution in [0.15, 0.2) is 54.6 Å². The van der Waals surface area contributed by atoms with Crippen LogP contribution in [-0.2, 0) is 9.47 Å². The van der Waals surface area contributed by atoms with Crippen molar-refractivity contribution in [2.24, 2.45) is 0 Å². The molecule has 2 aromatic carbocycles. The summed E-state index contributed by atoms with van der Waals surface area (Å²) in [5, 5.41) is 24.3. The van der Waals surface area contributed by atoms with E-state index in [0.29, 0.717) is 12.4 Å². The van der Waals surface area contributed by atoms with Crippen LogP contribution in [0.25, 0.3) is 11.4 Å². The lowest BCUT2D eigenvalue weighted by Crippen LogP contribution is -2.44. The first-order valence-electron chi connectivity index (χ1n) is 9.83. The van der Waals surface area contributed by atoms with Gasteiger partial charge in [0.25, 0.3) is 5.91 Å². The maximum atomic E-state index is 12.7. The summed E-state index contributed by atoms with van der Waals surface area (Å²) in [6.45, 7) is 0.577. The molecule has 2 aliphatic heterocycles. The second-order valence-corrected chi connectivity index (χ2v) is 7.41. The van der Waals surface area contributed by atoms with Gasteiger partial charge in [0, 0.05) is 5.56 Å². The van der Waals surface area contributed by atoms with Crippen LogP contribution >= 0.6 is 0 Å². The average Bonchev–Trinajstić information content (AvgIpc) is 3.51. The van der Waals surface area contributed by atoms with Crippen LogP contribution in [0, 0.1) is 0 Å². The van der Waals surface area contributed by atoms with Crippen LogP contribution in [0.3, 0.4) is 0 Å². The number of carbonyl (C=O) groups is 2. The molecule has 0 saturated carbocycles. The minimum absolute atomic E-state index is 0.0538. The first-order valence-corrected chi connectivity index (χ1v) is 9.83. The first kappa shape index (κ1) is 19.3. The number of nitrogens with zero attached hydrogens (tertiary/aromatic N) is 4. The molecule has 2 fully saturated rings. The van der Waals surface area contributed by atoms with Gasteiger partial charge in [0.15, 0.2) is 5.82 Å². The van der Waals surface area contributed by atoms with Gasteiger partial charge in [-0.3, -0.25) is 4.79 Å². The highest BCUT2D eigenvalue weighted by atomic mass is 16.6. The molecule has 1 aromatic heterocycles. The molecule has 2 N–H and O–H groups in total. The number of fused-ring (bicyclic) bond motifs is 1. The zero-order chi connectivity index (χ0) is 21.4. The summed E-state index contributed by atoms with van der Waals surface area (Å²) in [5.41, 5.74) is 0.922. The summed E-state index contributed by atoms with van der Waals surface area (Å²) in [6.07, 6.45) is -0.732. The molecule has 5 rings (SSSR count). The third-order valence-electron chi connectivity index (χ3n) is 5.58. The van der Waals surface area contributed by atoms with Crippen molar-refractivity contribution in [3.8, 4) is 11.4 Å². The van der Waals surface area contributed by atoms with Crippen molar-refractivity contribution >= 4 is 11.9 Å². The number of benzene rings is 2. The minimum atomic E-state index is -1.16. The Labute approximate surface area is 176 Å². The van der Waals surface area contributed by atoms with Gasteiger partial charge in [-0.2, -0.15) is 0 Å². The lowest BCUT2D eigenvalue weighted by atomic mass is 10.0. The molecule has 0 spiro atoms. The van der Waals surface area contributed by atoms with Crippen molar-refractivity contribution in [1.82, 2.24) is 25.5 Å². The smallest absolute Gasteiger partial charge is 0.336 e. The molecular weight excluding hydrogens is 402 g/mol. The largest absolute Gasteiger partial charge is 0.478 e. The van der Waals surface area contributed by atoms with Gasteiger partial charge in [-0.05, 0) is 22.6 Å². The highest BCUT2D eigenvalue weighted by Gasteiger charge is 2.50. The van der Waals surface area contributed by atoms with E-state index in [2.05, 4.69) is 20.8 Å². The normalized spacial score (nSPS) is 24.6.